The second-order valence-corrected chi connectivity index (χ2v) is 10.5. The minimum absolute atomic E-state index is 0.362. The number of fused-ring (bicyclic) bond motifs is 3. The first kappa shape index (κ1) is 20.2. The van der Waals surface area contributed by atoms with Crippen molar-refractivity contribution in [3.63, 3.8) is 0 Å². The van der Waals surface area contributed by atoms with Gasteiger partial charge in [0, 0.05) is 22.6 Å². The number of unbranched alkanes of at least 4 members (excludes halogenated alkanes) is 3. The Morgan fingerprint density at radius 1 is 0.750 bits per heavy atom. The zero-order chi connectivity index (χ0) is 21.6. The van der Waals surface area contributed by atoms with Crippen molar-refractivity contribution in [1.82, 2.24) is 4.98 Å². The van der Waals surface area contributed by atoms with Gasteiger partial charge < -0.3 is 0 Å². The molecule has 0 aliphatic heterocycles. The van der Waals surface area contributed by atoms with E-state index in [1.807, 2.05) is 12.3 Å². The van der Waals surface area contributed by atoms with Gasteiger partial charge in [-0.3, -0.25) is 4.98 Å². The van der Waals surface area contributed by atoms with Gasteiger partial charge in [-0.1, -0.05) is 75.4 Å². The number of hydrogen-bond donors (Lipinski definition) is 0. The molecular weight excluding hydrogens is 386 g/mol. The number of rotatable bonds is 6. The Kier molecular flexibility index (Phi) is 4.97. The molecule has 6 rings (SSSR count). The van der Waals surface area contributed by atoms with Gasteiger partial charge in [0.05, 0.1) is 5.69 Å². The molecule has 3 aliphatic carbocycles. The number of benzene rings is 2. The van der Waals surface area contributed by atoms with E-state index in [0.29, 0.717) is 10.8 Å². The van der Waals surface area contributed by atoms with Gasteiger partial charge in [0.25, 0.3) is 0 Å². The number of nitrogens with zero attached hydrogens (tertiary/aromatic N) is 1. The summed E-state index contributed by atoms with van der Waals surface area (Å²) in [5.74, 6) is 0. The zero-order valence-corrected chi connectivity index (χ0v) is 19.5. The van der Waals surface area contributed by atoms with E-state index in [1.165, 1.54) is 92.9 Å². The van der Waals surface area contributed by atoms with Crippen molar-refractivity contribution in [2.24, 2.45) is 0 Å². The Labute approximate surface area is 193 Å². The van der Waals surface area contributed by atoms with Crippen molar-refractivity contribution in [3.8, 4) is 22.4 Å². The third-order valence-electron chi connectivity index (χ3n) is 9.03. The van der Waals surface area contributed by atoms with Crippen LogP contribution in [0.2, 0.25) is 0 Å². The summed E-state index contributed by atoms with van der Waals surface area (Å²) in [6, 6.07) is 21.1. The summed E-state index contributed by atoms with van der Waals surface area (Å²) in [7, 11) is 0. The lowest BCUT2D eigenvalue weighted by Crippen LogP contribution is -2.43. The predicted octanol–water partition coefficient (Wildman–Crippen LogP) is 8.40. The highest BCUT2D eigenvalue weighted by molar-refractivity contribution is 5.82. The molecule has 0 atom stereocenters. The summed E-state index contributed by atoms with van der Waals surface area (Å²) in [5.41, 5.74) is 10.9. The monoisotopic (exact) mass is 421 g/mol. The van der Waals surface area contributed by atoms with Crippen molar-refractivity contribution < 1.29 is 0 Å². The van der Waals surface area contributed by atoms with Crippen molar-refractivity contribution in [2.75, 3.05) is 0 Å². The molecule has 3 aliphatic rings. The maximum absolute atomic E-state index is 4.66. The Morgan fingerprint density at radius 2 is 1.47 bits per heavy atom. The Balaban J connectivity index is 1.50. The molecule has 0 unspecified atom stereocenters. The molecule has 3 aromatic rings. The van der Waals surface area contributed by atoms with Crippen LogP contribution in [0.25, 0.3) is 22.4 Å². The normalized spacial score (nSPS) is 25.2. The van der Waals surface area contributed by atoms with E-state index in [-0.39, 0.29) is 0 Å². The third-order valence-corrected chi connectivity index (χ3v) is 9.03. The van der Waals surface area contributed by atoms with Gasteiger partial charge in [-0.2, -0.15) is 0 Å². The molecule has 1 heterocycles. The van der Waals surface area contributed by atoms with Crippen molar-refractivity contribution in [1.29, 1.82) is 0 Å². The lowest BCUT2D eigenvalue weighted by atomic mass is 9.55. The standard InChI is InChI=1S/C31H35N/c1-2-3-4-5-10-23-12-14-27-25(21-23)26-22-24(29-11-6-7-20-32-29)13-15-28(26)31-18-8-16-30(27,31)17-9-19-31/h6-7,11-15,20-22H,2-5,8-10,16-19H2,1H3/t30-,31+. The van der Waals surface area contributed by atoms with Gasteiger partial charge in [0.1, 0.15) is 0 Å². The van der Waals surface area contributed by atoms with E-state index >= 15 is 0 Å². The number of aromatic nitrogens is 1. The maximum atomic E-state index is 4.66. The van der Waals surface area contributed by atoms with Gasteiger partial charge in [0.2, 0.25) is 0 Å². The van der Waals surface area contributed by atoms with Crippen LogP contribution in [0.1, 0.15) is 87.8 Å². The van der Waals surface area contributed by atoms with E-state index in [2.05, 4.69) is 60.4 Å². The molecule has 0 N–H and O–H groups in total. The fraction of sp³-hybridized carbons (Fsp3) is 0.452. The quantitative estimate of drug-likeness (QED) is 0.364. The van der Waals surface area contributed by atoms with E-state index in [9.17, 15) is 0 Å². The minimum atomic E-state index is 0.362. The molecule has 0 radical (unpaired) electrons. The molecule has 32 heavy (non-hydrogen) atoms. The second-order valence-electron chi connectivity index (χ2n) is 10.5. The van der Waals surface area contributed by atoms with Crippen LogP contribution < -0.4 is 0 Å². The van der Waals surface area contributed by atoms with Crippen molar-refractivity contribution in [3.05, 3.63) is 77.5 Å². The molecule has 1 aromatic heterocycles. The van der Waals surface area contributed by atoms with E-state index in [0.717, 1.165) is 5.69 Å². The highest BCUT2D eigenvalue weighted by Crippen LogP contribution is 2.69. The molecule has 2 saturated carbocycles. The van der Waals surface area contributed by atoms with Gasteiger partial charge in [0.15, 0.2) is 0 Å². The van der Waals surface area contributed by atoms with Crippen LogP contribution in [0.5, 0.6) is 0 Å². The number of pyridine rings is 1. The average molecular weight is 422 g/mol. The second kappa shape index (κ2) is 7.87. The largest absolute Gasteiger partial charge is 0.256 e. The first-order valence-electron chi connectivity index (χ1n) is 13.0. The van der Waals surface area contributed by atoms with Crippen LogP contribution in [0, 0.1) is 0 Å². The summed E-state index contributed by atoms with van der Waals surface area (Å²) in [4.78, 5) is 4.66. The molecular formula is C31H35N. The zero-order valence-electron chi connectivity index (χ0n) is 19.5. The molecule has 0 saturated heterocycles. The van der Waals surface area contributed by atoms with Gasteiger partial charge in [-0.25, -0.2) is 0 Å². The molecule has 0 spiro atoms. The Hall–Kier alpha value is -2.41. The highest BCUT2D eigenvalue weighted by Gasteiger charge is 2.62. The smallest absolute Gasteiger partial charge is 0.0702 e. The van der Waals surface area contributed by atoms with Crippen LogP contribution in [0.4, 0.5) is 0 Å². The maximum Gasteiger partial charge on any atom is 0.0702 e. The summed E-state index contributed by atoms with van der Waals surface area (Å²) in [5, 5.41) is 0. The molecule has 1 nitrogen and oxygen atoms in total. The van der Waals surface area contributed by atoms with Gasteiger partial charge in [-0.05, 0) is 84.5 Å². The first-order chi connectivity index (χ1) is 15.8. The fourth-order valence-electron chi connectivity index (χ4n) is 7.67. The summed E-state index contributed by atoms with van der Waals surface area (Å²) in [6.45, 7) is 2.30. The lowest BCUT2D eigenvalue weighted by molar-refractivity contribution is 0.299. The van der Waals surface area contributed by atoms with Crippen LogP contribution >= 0.6 is 0 Å². The van der Waals surface area contributed by atoms with E-state index < -0.39 is 0 Å². The summed E-state index contributed by atoms with van der Waals surface area (Å²) >= 11 is 0. The summed E-state index contributed by atoms with van der Waals surface area (Å²) in [6.07, 6.45) is 16.7. The molecule has 164 valence electrons. The van der Waals surface area contributed by atoms with Crippen LogP contribution in [-0.2, 0) is 17.3 Å². The van der Waals surface area contributed by atoms with Crippen LogP contribution in [0.15, 0.2) is 60.8 Å². The Morgan fingerprint density at radius 3 is 2.16 bits per heavy atom. The summed E-state index contributed by atoms with van der Waals surface area (Å²) < 4.78 is 0. The average Bonchev–Trinajstić information content (AvgIpc) is 3.40. The lowest BCUT2D eigenvalue weighted by Gasteiger charge is -2.48. The van der Waals surface area contributed by atoms with E-state index in [1.54, 1.807) is 11.1 Å². The predicted molar refractivity (Wildman–Crippen MR) is 134 cm³/mol. The fourth-order valence-corrected chi connectivity index (χ4v) is 7.67. The van der Waals surface area contributed by atoms with Gasteiger partial charge in [-0.15, -0.1) is 0 Å². The molecule has 2 aromatic carbocycles. The van der Waals surface area contributed by atoms with Crippen molar-refractivity contribution in [2.45, 2.75) is 88.4 Å². The van der Waals surface area contributed by atoms with Crippen LogP contribution in [-0.4, -0.2) is 4.98 Å². The minimum Gasteiger partial charge on any atom is -0.256 e. The SMILES string of the molecule is CCCCCCc1ccc2c(c1)-c1cc(-c3ccccn3)ccc1[C@]13CCC[C@]21CCC3. The molecule has 1 heteroatoms. The molecule has 0 bridgehead atoms. The third kappa shape index (κ3) is 2.86. The molecule has 2 fully saturated rings. The van der Waals surface area contributed by atoms with E-state index in [4.69, 9.17) is 0 Å². The van der Waals surface area contributed by atoms with Gasteiger partial charge >= 0.3 is 0 Å². The Bertz CT molecular complexity index is 1120. The molecule has 0 amide bonds. The number of hydrogen-bond acceptors (Lipinski definition) is 1. The first-order valence-corrected chi connectivity index (χ1v) is 13.0. The van der Waals surface area contributed by atoms with Crippen LogP contribution in [0.3, 0.4) is 0 Å². The highest BCUT2D eigenvalue weighted by atomic mass is 14.7. The van der Waals surface area contributed by atoms with Crippen molar-refractivity contribution >= 4 is 0 Å². The topological polar surface area (TPSA) is 12.9 Å². The number of aryl methyl sites for hydroxylation is 1.